The predicted molar refractivity (Wildman–Crippen MR) is 54.1 cm³/mol. The number of thioether (sulfide) groups is 1. The highest BCUT2D eigenvalue weighted by molar-refractivity contribution is 7.99. The number of hydrogen-bond donors (Lipinski definition) is 1. The average molecular weight is 192 g/mol. The summed E-state index contributed by atoms with van der Waals surface area (Å²) in [5, 5.41) is 10.1. The Bertz CT molecular complexity index is 344. The van der Waals surface area contributed by atoms with E-state index >= 15 is 0 Å². The molecule has 1 fully saturated rings. The normalized spacial score (nSPS) is 28.5. The monoisotopic (exact) mass is 192 g/mol. The van der Waals surface area contributed by atoms with Crippen LogP contribution in [0.2, 0.25) is 0 Å². The lowest BCUT2D eigenvalue weighted by Crippen LogP contribution is -2.19. The second kappa shape index (κ2) is 2.52. The maximum absolute atomic E-state index is 10.1. The van der Waals surface area contributed by atoms with Crippen molar-refractivity contribution >= 4 is 11.8 Å². The van der Waals surface area contributed by atoms with E-state index in [-0.39, 0.29) is 5.60 Å². The molecule has 1 atom stereocenters. The van der Waals surface area contributed by atoms with Gasteiger partial charge in [0.15, 0.2) is 0 Å². The highest BCUT2D eigenvalue weighted by Crippen LogP contribution is 2.54. The summed E-state index contributed by atoms with van der Waals surface area (Å²) in [6.45, 7) is 0. The number of rotatable bonds is 1. The molecule has 2 heteroatoms. The third-order valence-corrected chi connectivity index (χ3v) is 4.29. The van der Waals surface area contributed by atoms with E-state index in [1.807, 2.05) is 11.8 Å². The SMILES string of the molecule is OC1(C2CSc3ccccc32)CC1. The van der Waals surface area contributed by atoms with Crippen LogP contribution in [0, 0.1) is 0 Å². The van der Waals surface area contributed by atoms with Crippen LogP contribution < -0.4 is 0 Å². The molecule has 0 bridgehead atoms. The van der Waals surface area contributed by atoms with E-state index in [0.29, 0.717) is 5.92 Å². The van der Waals surface area contributed by atoms with Gasteiger partial charge in [-0.3, -0.25) is 0 Å². The van der Waals surface area contributed by atoms with E-state index in [2.05, 4.69) is 24.3 Å². The molecule has 0 radical (unpaired) electrons. The Morgan fingerprint density at radius 1 is 1.31 bits per heavy atom. The van der Waals surface area contributed by atoms with Gasteiger partial charge in [0.2, 0.25) is 0 Å². The number of fused-ring (bicyclic) bond motifs is 1. The van der Waals surface area contributed by atoms with Gasteiger partial charge in [0.1, 0.15) is 0 Å². The second-order valence-electron chi connectivity index (χ2n) is 4.00. The molecule has 0 amide bonds. The molecular formula is C11H12OS. The van der Waals surface area contributed by atoms with Crippen molar-refractivity contribution in [1.82, 2.24) is 0 Å². The van der Waals surface area contributed by atoms with E-state index in [9.17, 15) is 5.11 Å². The van der Waals surface area contributed by atoms with Gasteiger partial charge < -0.3 is 5.11 Å². The predicted octanol–water partition coefficient (Wildman–Crippen LogP) is 2.40. The van der Waals surface area contributed by atoms with Gasteiger partial charge >= 0.3 is 0 Å². The fourth-order valence-electron chi connectivity index (χ4n) is 2.08. The molecule has 1 nitrogen and oxygen atoms in total. The van der Waals surface area contributed by atoms with E-state index in [1.165, 1.54) is 10.5 Å². The summed E-state index contributed by atoms with van der Waals surface area (Å²) in [5.41, 5.74) is 1.02. The molecular weight excluding hydrogens is 180 g/mol. The molecule has 0 spiro atoms. The molecule has 68 valence electrons. The van der Waals surface area contributed by atoms with Crippen LogP contribution in [0.25, 0.3) is 0 Å². The zero-order valence-electron chi connectivity index (χ0n) is 7.36. The number of aliphatic hydroxyl groups is 1. The summed E-state index contributed by atoms with van der Waals surface area (Å²) in [6.07, 6.45) is 1.99. The van der Waals surface area contributed by atoms with Crippen LogP contribution in [0.3, 0.4) is 0 Å². The first-order chi connectivity index (χ1) is 6.30. The first-order valence-electron chi connectivity index (χ1n) is 4.74. The van der Waals surface area contributed by atoms with Crippen molar-refractivity contribution < 1.29 is 5.11 Å². The molecule has 0 aromatic heterocycles. The van der Waals surface area contributed by atoms with Crippen LogP contribution in [0.15, 0.2) is 29.2 Å². The largest absolute Gasteiger partial charge is 0.389 e. The summed E-state index contributed by atoms with van der Waals surface area (Å²) < 4.78 is 0. The van der Waals surface area contributed by atoms with Gasteiger partial charge in [-0.15, -0.1) is 11.8 Å². The standard InChI is InChI=1S/C11H12OS/c12-11(5-6-11)9-7-13-10-4-2-1-3-8(9)10/h1-4,9,12H,5-7H2. The Hall–Kier alpha value is -0.470. The van der Waals surface area contributed by atoms with Crippen molar-refractivity contribution in [1.29, 1.82) is 0 Å². The zero-order valence-corrected chi connectivity index (χ0v) is 8.18. The molecule has 1 aliphatic carbocycles. The highest BCUT2D eigenvalue weighted by atomic mass is 32.2. The van der Waals surface area contributed by atoms with Gasteiger partial charge in [0, 0.05) is 16.6 Å². The topological polar surface area (TPSA) is 20.2 Å². The van der Waals surface area contributed by atoms with Crippen molar-refractivity contribution in [2.75, 3.05) is 5.75 Å². The van der Waals surface area contributed by atoms with Crippen molar-refractivity contribution in [3.8, 4) is 0 Å². The minimum Gasteiger partial charge on any atom is -0.389 e. The number of hydrogen-bond acceptors (Lipinski definition) is 2. The summed E-state index contributed by atoms with van der Waals surface area (Å²) in [4.78, 5) is 1.37. The molecule has 1 N–H and O–H groups in total. The fraction of sp³-hybridized carbons (Fsp3) is 0.455. The van der Waals surface area contributed by atoms with Crippen LogP contribution in [0.5, 0.6) is 0 Å². The van der Waals surface area contributed by atoms with E-state index in [0.717, 1.165) is 18.6 Å². The third-order valence-electron chi connectivity index (χ3n) is 3.11. The molecule has 1 aromatic carbocycles. The Morgan fingerprint density at radius 2 is 2.08 bits per heavy atom. The van der Waals surface area contributed by atoms with Crippen molar-refractivity contribution in [3.05, 3.63) is 29.8 Å². The molecule has 3 rings (SSSR count). The zero-order chi connectivity index (χ0) is 8.89. The maximum Gasteiger partial charge on any atom is 0.0726 e. The maximum atomic E-state index is 10.1. The van der Waals surface area contributed by atoms with Gasteiger partial charge in [-0.25, -0.2) is 0 Å². The van der Waals surface area contributed by atoms with Gasteiger partial charge in [-0.2, -0.15) is 0 Å². The van der Waals surface area contributed by atoms with Gasteiger partial charge in [-0.1, -0.05) is 18.2 Å². The Kier molecular flexibility index (Phi) is 1.53. The Morgan fingerprint density at radius 3 is 2.85 bits per heavy atom. The molecule has 1 saturated carbocycles. The summed E-state index contributed by atoms with van der Waals surface area (Å²) in [5.74, 6) is 1.46. The Balaban J connectivity index is 2.02. The first kappa shape index (κ1) is 7.89. The lowest BCUT2D eigenvalue weighted by molar-refractivity contribution is 0.126. The molecule has 1 heterocycles. The lowest BCUT2D eigenvalue weighted by Gasteiger charge is -2.16. The molecule has 1 unspecified atom stereocenters. The molecule has 2 aliphatic rings. The summed E-state index contributed by atoms with van der Waals surface area (Å²) in [7, 11) is 0. The average Bonchev–Trinajstić information content (AvgIpc) is 2.76. The van der Waals surface area contributed by atoms with E-state index in [4.69, 9.17) is 0 Å². The van der Waals surface area contributed by atoms with Crippen LogP contribution in [0.1, 0.15) is 24.3 Å². The van der Waals surface area contributed by atoms with Gasteiger partial charge in [0.25, 0.3) is 0 Å². The quantitative estimate of drug-likeness (QED) is 0.737. The second-order valence-corrected chi connectivity index (χ2v) is 5.07. The van der Waals surface area contributed by atoms with Crippen LogP contribution in [-0.2, 0) is 0 Å². The fourth-order valence-corrected chi connectivity index (χ4v) is 3.47. The smallest absolute Gasteiger partial charge is 0.0726 e. The van der Waals surface area contributed by atoms with Crippen LogP contribution in [0.4, 0.5) is 0 Å². The van der Waals surface area contributed by atoms with E-state index in [1.54, 1.807) is 0 Å². The van der Waals surface area contributed by atoms with Crippen LogP contribution in [-0.4, -0.2) is 16.5 Å². The van der Waals surface area contributed by atoms with Gasteiger partial charge in [0.05, 0.1) is 5.60 Å². The Labute approximate surface area is 82.2 Å². The van der Waals surface area contributed by atoms with Crippen LogP contribution >= 0.6 is 11.8 Å². The van der Waals surface area contributed by atoms with Crippen molar-refractivity contribution in [3.63, 3.8) is 0 Å². The first-order valence-corrected chi connectivity index (χ1v) is 5.72. The molecule has 13 heavy (non-hydrogen) atoms. The molecule has 1 aliphatic heterocycles. The minimum atomic E-state index is -0.348. The number of benzene rings is 1. The lowest BCUT2D eigenvalue weighted by atomic mass is 9.94. The molecule has 0 saturated heterocycles. The van der Waals surface area contributed by atoms with Crippen molar-refractivity contribution in [2.24, 2.45) is 0 Å². The summed E-state index contributed by atoms with van der Waals surface area (Å²) in [6, 6.07) is 8.47. The summed E-state index contributed by atoms with van der Waals surface area (Å²) >= 11 is 1.88. The molecule has 1 aromatic rings. The van der Waals surface area contributed by atoms with E-state index < -0.39 is 0 Å². The third kappa shape index (κ3) is 1.12. The van der Waals surface area contributed by atoms with Crippen molar-refractivity contribution in [2.45, 2.75) is 29.3 Å². The minimum absolute atomic E-state index is 0.348. The highest BCUT2D eigenvalue weighted by Gasteiger charge is 2.50. The van der Waals surface area contributed by atoms with Gasteiger partial charge in [-0.05, 0) is 24.5 Å².